The van der Waals surface area contributed by atoms with E-state index in [9.17, 15) is 4.79 Å². The first-order valence-corrected chi connectivity index (χ1v) is 8.92. The van der Waals surface area contributed by atoms with Gasteiger partial charge in [0.2, 0.25) is 5.91 Å². The van der Waals surface area contributed by atoms with E-state index in [2.05, 4.69) is 6.92 Å². The van der Waals surface area contributed by atoms with Gasteiger partial charge in [0.25, 0.3) is 0 Å². The second-order valence-electron chi connectivity index (χ2n) is 6.69. The lowest BCUT2D eigenvalue weighted by Crippen LogP contribution is -2.44. The Morgan fingerprint density at radius 2 is 1.96 bits per heavy atom. The van der Waals surface area contributed by atoms with Crippen molar-refractivity contribution in [1.29, 1.82) is 0 Å². The molecule has 1 saturated carbocycles. The molecule has 1 aromatic carbocycles. The Balaban J connectivity index is 1.57. The van der Waals surface area contributed by atoms with Crippen molar-refractivity contribution in [2.45, 2.75) is 51.6 Å². The summed E-state index contributed by atoms with van der Waals surface area (Å²) >= 11 is 0. The average molecular weight is 317 g/mol. The normalized spacial score (nSPS) is 20.5. The minimum absolute atomic E-state index is 0.0796. The highest BCUT2D eigenvalue weighted by molar-refractivity contribution is 5.76. The third-order valence-corrected chi connectivity index (χ3v) is 4.78. The number of nitrogens with zero attached hydrogens (tertiary/aromatic N) is 1. The summed E-state index contributed by atoms with van der Waals surface area (Å²) in [5.74, 6) is 2.44. The van der Waals surface area contributed by atoms with Gasteiger partial charge in [-0.15, -0.1) is 0 Å². The number of rotatable bonds is 6. The molecule has 0 radical (unpaired) electrons. The van der Waals surface area contributed by atoms with Crippen molar-refractivity contribution >= 4 is 5.91 Å². The molecule has 4 nitrogen and oxygen atoms in total. The molecule has 1 heterocycles. The number of para-hydroxylation sites is 2. The standard InChI is InChI=1S/C19H27NO3/c1-2-11-20(19(21)12-15-7-3-4-8-15)13-16-14-22-17-9-5-6-10-18(17)23-16/h5-6,9-10,15-16H,2-4,7-8,11-14H2,1H3. The number of benzene rings is 1. The summed E-state index contributed by atoms with van der Waals surface area (Å²) in [6.45, 7) is 4.04. The molecule has 1 aliphatic heterocycles. The van der Waals surface area contributed by atoms with E-state index in [0.717, 1.165) is 24.5 Å². The Labute approximate surface area is 138 Å². The molecule has 0 bridgehead atoms. The second-order valence-corrected chi connectivity index (χ2v) is 6.69. The second kappa shape index (κ2) is 7.71. The summed E-state index contributed by atoms with van der Waals surface area (Å²) < 4.78 is 11.8. The Morgan fingerprint density at radius 3 is 2.70 bits per heavy atom. The zero-order valence-electron chi connectivity index (χ0n) is 14.0. The first-order valence-electron chi connectivity index (χ1n) is 8.92. The van der Waals surface area contributed by atoms with Crippen molar-refractivity contribution in [3.05, 3.63) is 24.3 Å². The third-order valence-electron chi connectivity index (χ3n) is 4.78. The number of carbonyl (C=O) groups excluding carboxylic acids is 1. The maximum Gasteiger partial charge on any atom is 0.222 e. The summed E-state index contributed by atoms with van der Waals surface area (Å²) in [7, 11) is 0. The lowest BCUT2D eigenvalue weighted by Gasteiger charge is -2.31. The van der Waals surface area contributed by atoms with Crippen molar-refractivity contribution < 1.29 is 14.3 Å². The van der Waals surface area contributed by atoms with Crippen molar-refractivity contribution in [2.75, 3.05) is 19.7 Å². The van der Waals surface area contributed by atoms with Gasteiger partial charge in [0, 0.05) is 13.0 Å². The zero-order valence-corrected chi connectivity index (χ0v) is 14.0. The Kier molecular flexibility index (Phi) is 5.42. The predicted molar refractivity (Wildman–Crippen MR) is 89.8 cm³/mol. The molecule has 4 heteroatoms. The number of carbonyl (C=O) groups is 1. The highest BCUT2D eigenvalue weighted by Gasteiger charge is 2.27. The minimum atomic E-state index is -0.0796. The van der Waals surface area contributed by atoms with E-state index in [-0.39, 0.29) is 12.0 Å². The lowest BCUT2D eigenvalue weighted by atomic mass is 10.0. The number of hydrogen-bond acceptors (Lipinski definition) is 3. The summed E-state index contributed by atoms with van der Waals surface area (Å²) in [5, 5.41) is 0. The van der Waals surface area contributed by atoms with Crippen LogP contribution in [0.4, 0.5) is 0 Å². The van der Waals surface area contributed by atoms with Gasteiger partial charge in [0.15, 0.2) is 17.6 Å². The molecule has 2 aliphatic rings. The van der Waals surface area contributed by atoms with Crippen LogP contribution in [0.25, 0.3) is 0 Å². The highest BCUT2D eigenvalue weighted by atomic mass is 16.6. The van der Waals surface area contributed by atoms with Crippen molar-refractivity contribution in [3.8, 4) is 11.5 Å². The van der Waals surface area contributed by atoms with Crippen molar-refractivity contribution in [3.63, 3.8) is 0 Å². The quantitative estimate of drug-likeness (QED) is 0.804. The monoisotopic (exact) mass is 317 g/mol. The molecule has 1 unspecified atom stereocenters. The fourth-order valence-electron chi connectivity index (χ4n) is 3.58. The van der Waals surface area contributed by atoms with Crippen molar-refractivity contribution in [2.24, 2.45) is 5.92 Å². The molecular weight excluding hydrogens is 290 g/mol. The summed E-state index contributed by atoms with van der Waals surface area (Å²) in [4.78, 5) is 14.6. The van der Waals surface area contributed by atoms with E-state index in [1.165, 1.54) is 25.7 Å². The third kappa shape index (κ3) is 4.18. The molecule has 23 heavy (non-hydrogen) atoms. The van der Waals surface area contributed by atoms with Crippen LogP contribution < -0.4 is 9.47 Å². The fourth-order valence-corrected chi connectivity index (χ4v) is 3.58. The smallest absolute Gasteiger partial charge is 0.222 e. The molecule has 1 fully saturated rings. The van der Waals surface area contributed by atoms with E-state index in [1.54, 1.807) is 0 Å². The van der Waals surface area contributed by atoms with Crippen LogP contribution in [0.3, 0.4) is 0 Å². The molecule has 0 saturated heterocycles. The molecule has 0 N–H and O–H groups in total. The van der Waals surface area contributed by atoms with Crippen LogP contribution in [0, 0.1) is 5.92 Å². The summed E-state index contributed by atoms with van der Waals surface area (Å²) in [5.41, 5.74) is 0. The summed E-state index contributed by atoms with van der Waals surface area (Å²) in [6, 6.07) is 7.73. The topological polar surface area (TPSA) is 38.8 Å². The Bertz CT molecular complexity index is 525. The molecule has 0 spiro atoms. The molecule has 1 atom stereocenters. The predicted octanol–water partition coefficient (Wildman–Crippen LogP) is 3.65. The largest absolute Gasteiger partial charge is 0.486 e. The average Bonchev–Trinajstić information content (AvgIpc) is 3.07. The molecule has 126 valence electrons. The van der Waals surface area contributed by atoms with E-state index in [0.29, 0.717) is 25.5 Å². The number of ether oxygens (including phenoxy) is 2. The van der Waals surface area contributed by atoms with E-state index < -0.39 is 0 Å². The summed E-state index contributed by atoms with van der Waals surface area (Å²) in [6.07, 6.45) is 6.57. The zero-order chi connectivity index (χ0) is 16.1. The molecule has 1 aliphatic carbocycles. The van der Waals surface area contributed by atoms with Crippen LogP contribution >= 0.6 is 0 Å². The number of hydrogen-bond donors (Lipinski definition) is 0. The van der Waals surface area contributed by atoms with Gasteiger partial charge in [-0.2, -0.15) is 0 Å². The van der Waals surface area contributed by atoms with Crippen molar-refractivity contribution in [1.82, 2.24) is 4.90 Å². The van der Waals surface area contributed by atoms with Crippen LogP contribution in [0.15, 0.2) is 24.3 Å². The molecule has 0 aromatic heterocycles. The minimum Gasteiger partial charge on any atom is -0.486 e. The van der Waals surface area contributed by atoms with Crippen LogP contribution in [0.5, 0.6) is 11.5 Å². The van der Waals surface area contributed by atoms with Gasteiger partial charge >= 0.3 is 0 Å². The molecule has 1 aromatic rings. The van der Waals surface area contributed by atoms with Gasteiger partial charge in [-0.3, -0.25) is 4.79 Å². The van der Waals surface area contributed by atoms with E-state index in [4.69, 9.17) is 9.47 Å². The van der Waals surface area contributed by atoms with Gasteiger partial charge in [-0.05, 0) is 37.3 Å². The lowest BCUT2D eigenvalue weighted by molar-refractivity contribution is -0.133. The molecule has 1 amide bonds. The SMILES string of the molecule is CCCN(CC1COc2ccccc2O1)C(=O)CC1CCCC1. The van der Waals surface area contributed by atoms with Gasteiger partial charge in [0.05, 0.1) is 6.54 Å². The number of amides is 1. The highest BCUT2D eigenvalue weighted by Crippen LogP contribution is 2.31. The van der Waals surface area contributed by atoms with Gasteiger partial charge in [-0.25, -0.2) is 0 Å². The maximum atomic E-state index is 12.6. The molecular formula is C19H27NO3. The van der Waals surface area contributed by atoms with E-state index >= 15 is 0 Å². The number of fused-ring (bicyclic) bond motifs is 1. The van der Waals surface area contributed by atoms with Crippen LogP contribution in [0.2, 0.25) is 0 Å². The molecule has 3 rings (SSSR count). The fraction of sp³-hybridized carbons (Fsp3) is 0.632. The van der Waals surface area contributed by atoms with Crippen LogP contribution in [-0.4, -0.2) is 36.6 Å². The Morgan fingerprint density at radius 1 is 1.22 bits per heavy atom. The first kappa shape index (κ1) is 16.2. The van der Waals surface area contributed by atoms with Gasteiger partial charge in [0.1, 0.15) is 6.61 Å². The Hall–Kier alpha value is -1.71. The van der Waals surface area contributed by atoms with E-state index in [1.807, 2.05) is 29.2 Å². The van der Waals surface area contributed by atoms with Gasteiger partial charge in [-0.1, -0.05) is 31.9 Å². The van der Waals surface area contributed by atoms with Crippen LogP contribution in [-0.2, 0) is 4.79 Å². The van der Waals surface area contributed by atoms with Crippen LogP contribution in [0.1, 0.15) is 45.4 Å². The van der Waals surface area contributed by atoms with Gasteiger partial charge < -0.3 is 14.4 Å². The maximum absolute atomic E-state index is 12.6. The first-order chi connectivity index (χ1) is 11.3.